The van der Waals surface area contributed by atoms with Gasteiger partial charge in [0.05, 0.1) is 6.54 Å². The van der Waals surface area contributed by atoms with Crippen LogP contribution in [0.3, 0.4) is 0 Å². The summed E-state index contributed by atoms with van der Waals surface area (Å²) >= 11 is 0. The first-order chi connectivity index (χ1) is 18.0. The molecule has 1 N–H and O–H groups in total. The molecular formula is C30H38N2O6. The highest BCUT2D eigenvalue weighted by atomic mass is 16.6. The molecule has 1 heterocycles. The molecule has 2 aromatic carbocycles. The van der Waals surface area contributed by atoms with E-state index in [4.69, 9.17) is 9.47 Å². The summed E-state index contributed by atoms with van der Waals surface area (Å²) in [6.45, 7) is 7.27. The molecular weight excluding hydrogens is 484 g/mol. The van der Waals surface area contributed by atoms with Crippen LogP contribution in [0.1, 0.15) is 57.1 Å². The summed E-state index contributed by atoms with van der Waals surface area (Å²) in [6, 6.07) is 15.2. The first kappa shape index (κ1) is 27.6. The van der Waals surface area contributed by atoms with Gasteiger partial charge in [0.15, 0.2) is 0 Å². The van der Waals surface area contributed by atoms with Gasteiger partial charge in [-0.15, -0.1) is 0 Å². The number of likely N-dealkylation sites (tertiary alicyclic amines) is 1. The van der Waals surface area contributed by atoms with E-state index in [-0.39, 0.29) is 31.0 Å². The Morgan fingerprint density at radius 2 is 1.55 bits per heavy atom. The van der Waals surface area contributed by atoms with Crippen molar-refractivity contribution in [3.63, 3.8) is 0 Å². The summed E-state index contributed by atoms with van der Waals surface area (Å²) < 4.78 is 11.1. The van der Waals surface area contributed by atoms with E-state index in [1.54, 1.807) is 0 Å². The molecule has 1 atom stereocenters. The molecule has 0 bridgehead atoms. The SMILES string of the molecule is CN(C(=O)OCC1c2ccccc2-c2ccccc21)C(CC1CCN(CC(=O)OC(C)(C)C)CC1)C(=O)O. The maximum atomic E-state index is 13.0. The van der Waals surface area contributed by atoms with Crippen LogP contribution in [0.15, 0.2) is 48.5 Å². The fourth-order valence-corrected chi connectivity index (χ4v) is 5.50. The van der Waals surface area contributed by atoms with E-state index in [1.165, 1.54) is 11.9 Å². The largest absolute Gasteiger partial charge is 0.480 e. The van der Waals surface area contributed by atoms with Gasteiger partial charge in [0.2, 0.25) is 0 Å². The standard InChI is InChI=1S/C30H38N2O6/c1-30(2,3)38-27(33)18-32-15-13-20(14-16-32)17-26(28(34)35)31(4)29(36)37-19-25-23-11-7-5-9-21(23)22-10-6-8-12-24(22)25/h5-12,20,25-26H,13-19H2,1-4H3,(H,34,35). The molecule has 204 valence electrons. The second-order valence-corrected chi connectivity index (χ2v) is 11.3. The van der Waals surface area contributed by atoms with E-state index in [1.807, 2.05) is 62.1 Å². The lowest BCUT2D eigenvalue weighted by atomic mass is 9.89. The molecule has 2 aliphatic rings. The monoisotopic (exact) mass is 522 g/mol. The van der Waals surface area contributed by atoms with Crippen LogP contribution < -0.4 is 0 Å². The number of likely N-dealkylation sites (N-methyl/N-ethyl adjacent to an activating group) is 1. The highest BCUT2D eigenvalue weighted by Crippen LogP contribution is 2.44. The van der Waals surface area contributed by atoms with Crippen molar-refractivity contribution < 1.29 is 29.0 Å². The molecule has 0 radical (unpaired) electrons. The third-order valence-corrected chi connectivity index (χ3v) is 7.41. The maximum Gasteiger partial charge on any atom is 0.410 e. The fourth-order valence-electron chi connectivity index (χ4n) is 5.50. The summed E-state index contributed by atoms with van der Waals surface area (Å²) in [5.74, 6) is -1.25. The number of esters is 1. The molecule has 0 aromatic heterocycles. The van der Waals surface area contributed by atoms with Crippen molar-refractivity contribution in [3.8, 4) is 11.1 Å². The molecule has 0 saturated carbocycles. The van der Waals surface area contributed by atoms with Crippen LogP contribution >= 0.6 is 0 Å². The van der Waals surface area contributed by atoms with Crippen LogP contribution in [0.2, 0.25) is 0 Å². The first-order valence-electron chi connectivity index (χ1n) is 13.3. The summed E-state index contributed by atoms with van der Waals surface area (Å²) in [7, 11) is 1.50. The predicted octanol–water partition coefficient (Wildman–Crippen LogP) is 4.76. The normalized spacial score (nSPS) is 16.8. The number of carboxylic acids is 1. The molecule has 2 aromatic rings. The van der Waals surface area contributed by atoms with Gasteiger partial charge in [-0.05, 0) is 81.3 Å². The van der Waals surface area contributed by atoms with Crippen LogP contribution in [0.4, 0.5) is 4.79 Å². The van der Waals surface area contributed by atoms with E-state index < -0.39 is 23.7 Å². The lowest BCUT2D eigenvalue weighted by Crippen LogP contribution is -2.46. The van der Waals surface area contributed by atoms with Crippen molar-refractivity contribution in [3.05, 3.63) is 59.7 Å². The number of piperidine rings is 1. The van der Waals surface area contributed by atoms with Gasteiger partial charge in [-0.3, -0.25) is 14.6 Å². The number of hydrogen-bond donors (Lipinski definition) is 1. The van der Waals surface area contributed by atoms with Gasteiger partial charge in [0, 0.05) is 13.0 Å². The van der Waals surface area contributed by atoms with E-state index in [0.29, 0.717) is 19.5 Å². The lowest BCUT2D eigenvalue weighted by Gasteiger charge is -2.34. The van der Waals surface area contributed by atoms with Crippen LogP contribution in [0.5, 0.6) is 0 Å². The molecule has 1 aliphatic carbocycles. The van der Waals surface area contributed by atoms with Gasteiger partial charge in [-0.1, -0.05) is 48.5 Å². The van der Waals surface area contributed by atoms with E-state index in [2.05, 4.69) is 12.1 Å². The van der Waals surface area contributed by atoms with Crippen LogP contribution in [0.25, 0.3) is 11.1 Å². The molecule has 8 heteroatoms. The number of fused-ring (bicyclic) bond motifs is 3. The number of hydrogen-bond acceptors (Lipinski definition) is 6. The van der Waals surface area contributed by atoms with Crippen molar-refractivity contribution >= 4 is 18.0 Å². The van der Waals surface area contributed by atoms with Gasteiger partial charge in [0.1, 0.15) is 18.2 Å². The number of carbonyl (C=O) groups is 3. The van der Waals surface area contributed by atoms with Crippen molar-refractivity contribution in [2.75, 3.05) is 33.3 Å². The van der Waals surface area contributed by atoms with Gasteiger partial charge in [0.25, 0.3) is 0 Å². The molecule has 1 unspecified atom stereocenters. The van der Waals surface area contributed by atoms with Gasteiger partial charge in [-0.25, -0.2) is 9.59 Å². The van der Waals surface area contributed by atoms with Crippen LogP contribution in [-0.4, -0.2) is 77.9 Å². The zero-order valence-corrected chi connectivity index (χ0v) is 22.7. The Morgan fingerprint density at radius 1 is 1.00 bits per heavy atom. The topological polar surface area (TPSA) is 96.4 Å². The number of rotatable bonds is 8. The minimum Gasteiger partial charge on any atom is -0.480 e. The minimum absolute atomic E-state index is 0.0858. The first-order valence-corrected chi connectivity index (χ1v) is 13.3. The molecule has 38 heavy (non-hydrogen) atoms. The molecule has 0 spiro atoms. The van der Waals surface area contributed by atoms with E-state index in [9.17, 15) is 19.5 Å². The fraction of sp³-hybridized carbons (Fsp3) is 0.500. The Hall–Kier alpha value is -3.39. The van der Waals surface area contributed by atoms with Gasteiger partial charge >= 0.3 is 18.0 Å². The van der Waals surface area contributed by atoms with E-state index in [0.717, 1.165) is 35.1 Å². The number of benzene rings is 2. The highest BCUT2D eigenvalue weighted by Gasteiger charge is 2.34. The molecule has 8 nitrogen and oxygen atoms in total. The Morgan fingerprint density at radius 3 is 2.08 bits per heavy atom. The number of ether oxygens (including phenoxy) is 2. The molecule has 1 saturated heterocycles. The van der Waals surface area contributed by atoms with Crippen LogP contribution in [-0.2, 0) is 19.1 Å². The van der Waals surface area contributed by atoms with Gasteiger partial charge in [-0.2, -0.15) is 0 Å². The smallest absolute Gasteiger partial charge is 0.410 e. The number of amides is 1. The summed E-state index contributed by atoms with van der Waals surface area (Å²) in [6.07, 6.45) is 1.22. The lowest BCUT2D eigenvalue weighted by molar-refractivity contribution is -0.156. The van der Waals surface area contributed by atoms with Crippen molar-refractivity contribution in [2.45, 2.75) is 57.6 Å². The molecule has 1 aliphatic heterocycles. The van der Waals surface area contributed by atoms with Crippen molar-refractivity contribution in [1.29, 1.82) is 0 Å². The maximum absolute atomic E-state index is 13.0. The minimum atomic E-state index is -1.04. The highest BCUT2D eigenvalue weighted by molar-refractivity contribution is 5.81. The van der Waals surface area contributed by atoms with Crippen LogP contribution in [0, 0.1) is 5.92 Å². The Balaban J connectivity index is 1.31. The average molecular weight is 523 g/mol. The third kappa shape index (κ3) is 6.54. The zero-order valence-electron chi connectivity index (χ0n) is 22.7. The number of carboxylic acid groups (broad SMARTS) is 1. The zero-order chi connectivity index (χ0) is 27.4. The third-order valence-electron chi connectivity index (χ3n) is 7.41. The summed E-state index contributed by atoms with van der Waals surface area (Å²) in [5, 5.41) is 9.92. The van der Waals surface area contributed by atoms with Crippen molar-refractivity contribution in [1.82, 2.24) is 9.80 Å². The number of aliphatic carboxylic acids is 1. The number of nitrogens with zero attached hydrogens (tertiary/aromatic N) is 2. The number of carbonyl (C=O) groups excluding carboxylic acids is 2. The van der Waals surface area contributed by atoms with Crippen molar-refractivity contribution in [2.24, 2.45) is 5.92 Å². The quantitative estimate of drug-likeness (QED) is 0.499. The Kier molecular flexibility index (Phi) is 8.41. The molecule has 1 fully saturated rings. The van der Waals surface area contributed by atoms with E-state index >= 15 is 0 Å². The summed E-state index contributed by atoms with van der Waals surface area (Å²) in [4.78, 5) is 40.5. The predicted molar refractivity (Wildman–Crippen MR) is 144 cm³/mol. The summed E-state index contributed by atoms with van der Waals surface area (Å²) in [5.41, 5.74) is 3.97. The second-order valence-electron chi connectivity index (χ2n) is 11.3. The Labute approximate surface area is 224 Å². The van der Waals surface area contributed by atoms with Gasteiger partial charge < -0.3 is 14.6 Å². The molecule has 1 amide bonds. The average Bonchev–Trinajstić information content (AvgIpc) is 3.18. The second kappa shape index (κ2) is 11.6. The Bertz CT molecular complexity index is 1120. The molecule has 4 rings (SSSR count).